The molecule has 18 heavy (non-hydrogen) atoms. The van der Waals surface area contributed by atoms with Crippen molar-refractivity contribution in [2.24, 2.45) is 11.7 Å². The Labute approximate surface area is 109 Å². The van der Waals surface area contributed by atoms with Crippen LogP contribution in [0, 0.1) is 5.92 Å². The fraction of sp³-hybridized carbons (Fsp3) is 0.929. The highest BCUT2D eigenvalue weighted by atomic mass is 16.3. The molecule has 104 valence electrons. The number of aliphatic hydroxyl groups excluding tert-OH is 1. The Morgan fingerprint density at radius 1 is 1.28 bits per heavy atom. The molecule has 0 heterocycles. The number of carbonyl (C=O) groups excluding carboxylic acids is 1. The number of carbonyl (C=O) groups is 1. The lowest BCUT2D eigenvalue weighted by Gasteiger charge is -2.38. The Kier molecular flexibility index (Phi) is 4.28. The van der Waals surface area contributed by atoms with Gasteiger partial charge in [0.15, 0.2) is 0 Å². The van der Waals surface area contributed by atoms with Gasteiger partial charge in [-0.1, -0.05) is 32.6 Å². The second-order valence-corrected chi connectivity index (χ2v) is 6.29. The van der Waals surface area contributed by atoms with E-state index >= 15 is 0 Å². The van der Waals surface area contributed by atoms with E-state index in [2.05, 4.69) is 12.2 Å². The zero-order valence-corrected chi connectivity index (χ0v) is 11.3. The molecule has 2 unspecified atom stereocenters. The highest BCUT2D eigenvalue weighted by Crippen LogP contribution is 2.31. The largest absolute Gasteiger partial charge is 0.391 e. The lowest BCUT2D eigenvalue weighted by atomic mass is 9.76. The normalized spacial score (nSPS) is 41.4. The first-order valence-corrected chi connectivity index (χ1v) is 7.29. The van der Waals surface area contributed by atoms with Crippen LogP contribution in [0.25, 0.3) is 0 Å². The topological polar surface area (TPSA) is 75.4 Å². The molecule has 4 N–H and O–H groups in total. The second-order valence-electron chi connectivity index (χ2n) is 6.29. The summed E-state index contributed by atoms with van der Waals surface area (Å²) in [6.45, 7) is 2.16. The van der Waals surface area contributed by atoms with Gasteiger partial charge in [0.05, 0.1) is 17.7 Å². The van der Waals surface area contributed by atoms with Gasteiger partial charge in [0.25, 0.3) is 0 Å². The molecular weight excluding hydrogens is 228 g/mol. The number of aliphatic hydroxyl groups is 1. The van der Waals surface area contributed by atoms with Crippen molar-refractivity contribution < 1.29 is 9.90 Å². The Bertz CT molecular complexity index is 308. The van der Waals surface area contributed by atoms with Gasteiger partial charge in [0, 0.05) is 0 Å². The number of amides is 1. The lowest BCUT2D eigenvalue weighted by molar-refractivity contribution is -0.130. The molecule has 2 fully saturated rings. The van der Waals surface area contributed by atoms with Crippen LogP contribution >= 0.6 is 0 Å². The van der Waals surface area contributed by atoms with Crippen LogP contribution in [0.15, 0.2) is 0 Å². The summed E-state index contributed by atoms with van der Waals surface area (Å²) in [4.78, 5) is 12.3. The van der Waals surface area contributed by atoms with E-state index in [1.807, 2.05) is 0 Å². The van der Waals surface area contributed by atoms with Crippen LogP contribution in [0.1, 0.15) is 58.3 Å². The highest BCUT2D eigenvalue weighted by molar-refractivity contribution is 5.86. The summed E-state index contributed by atoms with van der Waals surface area (Å²) in [5.74, 6) is 0.464. The smallest absolute Gasteiger partial charge is 0.240 e. The molecule has 4 atom stereocenters. The zero-order valence-electron chi connectivity index (χ0n) is 11.3. The van der Waals surface area contributed by atoms with Crippen LogP contribution in [-0.4, -0.2) is 28.7 Å². The molecule has 2 aliphatic carbocycles. The summed E-state index contributed by atoms with van der Waals surface area (Å²) in [6, 6.07) is -0.0936. The van der Waals surface area contributed by atoms with Crippen LogP contribution in [0.3, 0.4) is 0 Å². The first-order valence-electron chi connectivity index (χ1n) is 7.29. The van der Waals surface area contributed by atoms with Gasteiger partial charge >= 0.3 is 0 Å². The third kappa shape index (κ3) is 3.04. The van der Waals surface area contributed by atoms with Crippen molar-refractivity contribution in [2.45, 2.75) is 76.0 Å². The number of hydrogen-bond donors (Lipinski definition) is 3. The zero-order chi connectivity index (χ0) is 13.2. The fourth-order valence-electron chi connectivity index (χ4n) is 3.39. The Morgan fingerprint density at radius 2 is 2.00 bits per heavy atom. The van der Waals surface area contributed by atoms with Gasteiger partial charge in [-0.25, -0.2) is 0 Å². The van der Waals surface area contributed by atoms with Gasteiger partial charge in [0.2, 0.25) is 5.91 Å². The first-order chi connectivity index (χ1) is 8.51. The molecule has 0 aromatic carbocycles. The van der Waals surface area contributed by atoms with Gasteiger partial charge < -0.3 is 16.2 Å². The number of hydrogen-bond acceptors (Lipinski definition) is 3. The SMILES string of the molecule is CC1CCCC(N)(C(=O)N[C@H]2CCCC[C@@H]2O)C1. The molecule has 2 saturated carbocycles. The molecule has 0 saturated heterocycles. The van der Waals surface area contributed by atoms with E-state index in [1.165, 1.54) is 0 Å². The summed E-state index contributed by atoms with van der Waals surface area (Å²) in [5, 5.41) is 12.9. The summed E-state index contributed by atoms with van der Waals surface area (Å²) in [5.41, 5.74) is 5.55. The average Bonchev–Trinajstić information content (AvgIpc) is 2.31. The molecule has 0 spiro atoms. The molecule has 0 aromatic rings. The van der Waals surface area contributed by atoms with Crippen LogP contribution in [0.2, 0.25) is 0 Å². The van der Waals surface area contributed by atoms with Crippen molar-refractivity contribution in [3.63, 3.8) is 0 Å². The molecule has 4 heteroatoms. The Balaban J connectivity index is 1.93. The van der Waals surface area contributed by atoms with Crippen LogP contribution in [-0.2, 0) is 4.79 Å². The predicted octanol–water partition coefficient (Wildman–Crippen LogP) is 1.31. The summed E-state index contributed by atoms with van der Waals surface area (Å²) in [6.07, 6.45) is 7.13. The average molecular weight is 254 g/mol. The number of rotatable bonds is 2. The summed E-state index contributed by atoms with van der Waals surface area (Å²) < 4.78 is 0. The monoisotopic (exact) mass is 254 g/mol. The quantitative estimate of drug-likeness (QED) is 0.695. The van der Waals surface area contributed by atoms with Crippen LogP contribution in [0.4, 0.5) is 0 Å². The van der Waals surface area contributed by atoms with Crippen molar-refractivity contribution in [1.29, 1.82) is 0 Å². The third-order valence-electron chi connectivity index (χ3n) is 4.53. The van der Waals surface area contributed by atoms with Crippen molar-refractivity contribution >= 4 is 5.91 Å². The Morgan fingerprint density at radius 3 is 2.67 bits per heavy atom. The molecule has 0 aromatic heterocycles. The lowest BCUT2D eigenvalue weighted by Crippen LogP contribution is -2.60. The summed E-state index contributed by atoms with van der Waals surface area (Å²) in [7, 11) is 0. The van der Waals surface area contributed by atoms with E-state index in [-0.39, 0.29) is 11.9 Å². The van der Waals surface area contributed by atoms with Gasteiger partial charge in [-0.2, -0.15) is 0 Å². The van der Waals surface area contributed by atoms with E-state index in [1.54, 1.807) is 0 Å². The standard InChI is InChI=1S/C14H26N2O2/c1-10-5-4-8-14(15,9-10)13(18)16-11-6-2-3-7-12(11)17/h10-12,17H,2-9,15H2,1H3,(H,16,18)/t10?,11-,12-,14?/m0/s1. The maximum Gasteiger partial charge on any atom is 0.240 e. The molecule has 2 rings (SSSR count). The number of nitrogens with two attached hydrogens (primary N) is 1. The molecular formula is C14H26N2O2. The molecule has 0 bridgehead atoms. The maximum absolute atomic E-state index is 12.3. The Hall–Kier alpha value is -0.610. The first kappa shape index (κ1) is 13.8. The van der Waals surface area contributed by atoms with Gasteiger partial charge in [-0.15, -0.1) is 0 Å². The molecule has 0 radical (unpaired) electrons. The predicted molar refractivity (Wildman–Crippen MR) is 71.0 cm³/mol. The minimum atomic E-state index is -0.713. The van der Waals surface area contributed by atoms with Gasteiger partial charge in [-0.05, 0) is 31.6 Å². The van der Waals surface area contributed by atoms with Gasteiger partial charge in [-0.3, -0.25) is 4.79 Å². The molecule has 4 nitrogen and oxygen atoms in total. The summed E-state index contributed by atoms with van der Waals surface area (Å²) >= 11 is 0. The molecule has 2 aliphatic rings. The van der Waals surface area contributed by atoms with Crippen molar-refractivity contribution in [3.8, 4) is 0 Å². The van der Waals surface area contributed by atoms with E-state index < -0.39 is 11.6 Å². The second kappa shape index (κ2) is 5.57. The highest BCUT2D eigenvalue weighted by Gasteiger charge is 2.39. The van der Waals surface area contributed by atoms with Crippen LogP contribution in [0.5, 0.6) is 0 Å². The van der Waals surface area contributed by atoms with E-state index in [0.717, 1.165) is 51.4 Å². The van der Waals surface area contributed by atoms with Crippen molar-refractivity contribution in [2.75, 3.05) is 0 Å². The van der Waals surface area contributed by atoms with Gasteiger partial charge in [0.1, 0.15) is 0 Å². The minimum absolute atomic E-state index is 0.0556. The van der Waals surface area contributed by atoms with Crippen molar-refractivity contribution in [1.82, 2.24) is 5.32 Å². The fourth-order valence-corrected chi connectivity index (χ4v) is 3.39. The van der Waals surface area contributed by atoms with Crippen LogP contribution < -0.4 is 11.1 Å². The maximum atomic E-state index is 12.3. The van der Waals surface area contributed by atoms with E-state index in [9.17, 15) is 9.90 Å². The molecule has 1 amide bonds. The van der Waals surface area contributed by atoms with Crippen molar-refractivity contribution in [3.05, 3.63) is 0 Å². The third-order valence-corrected chi connectivity index (χ3v) is 4.53. The minimum Gasteiger partial charge on any atom is -0.391 e. The van der Waals surface area contributed by atoms with E-state index in [0.29, 0.717) is 5.92 Å². The molecule has 0 aliphatic heterocycles. The number of nitrogens with one attached hydrogen (secondary N) is 1. The van der Waals surface area contributed by atoms with E-state index in [4.69, 9.17) is 5.73 Å².